The molecule has 0 bridgehead atoms. The molecule has 3 aromatic carbocycles. The minimum absolute atomic E-state index is 0.239. The first-order valence-corrected chi connectivity index (χ1v) is 10.4. The summed E-state index contributed by atoms with van der Waals surface area (Å²) in [5.74, 6) is 0.232. The van der Waals surface area contributed by atoms with Crippen molar-refractivity contribution < 1.29 is 19.4 Å². The van der Waals surface area contributed by atoms with Gasteiger partial charge in [0.05, 0.1) is 12.7 Å². The monoisotopic (exact) mass is 489 g/mol. The maximum Gasteiger partial charge on any atom is 0.335 e. The van der Waals surface area contributed by atoms with Crippen LogP contribution in [0.25, 0.3) is 0 Å². The Bertz CT molecular complexity index is 1070. The van der Waals surface area contributed by atoms with Crippen LogP contribution in [0.3, 0.4) is 0 Å². The molecule has 0 saturated heterocycles. The number of halogens is 2. The number of hydrogen-bond donors (Lipinski definition) is 2. The second-order valence-electron chi connectivity index (χ2n) is 6.66. The lowest BCUT2D eigenvalue weighted by Gasteiger charge is -2.16. The summed E-state index contributed by atoms with van der Waals surface area (Å²) in [4.78, 5) is 11.2. The first-order chi connectivity index (χ1) is 14.4. The average Bonchev–Trinajstić information content (AvgIpc) is 2.73. The molecule has 0 aromatic heterocycles. The van der Waals surface area contributed by atoms with E-state index in [1.54, 1.807) is 25.3 Å². The van der Waals surface area contributed by atoms with E-state index in [-0.39, 0.29) is 5.56 Å². The van der Waals surface area contributed by atoms with Crippen molar-refractivity contribution in [2.45, 2.75) is 20.1 Å². The zero-order valence-electron chi connectivity index (χ0n) is 16.5. The third kappa shape index (κ3) is 5.26. The highest BCUT2D eigenvalue weighted by Gasteiger charge is 2.12. The first kappa shape index (κ1) is 22.0. The molecule has 2 N–H and O–H groups in total. The number of aromatic carboxylic acids is 1. The van der Waals surface area contributed by atoms with Crippen LogP contribution < -0.4 is 14.8 Å². The Hall–Kier alpha value is -2.70. The molecule has 3 aromatic rings. The Morgan fingerprint density at radius 3 is 2.57 bits per heavy atom. The van der Waals surface area contributed by atoms with Crippen LogP contribution in [0.2, 0.25) is 5.02 Å². The van der Waals surface area contributed by atoms with Crippen molar-refractivity contribution in [1.29, 1.82) is 0 Å². The third-order valence-electron chi connectivity index (χ3n) is 4.63. The standard InChI is InChI=1S/C23H21BrClNO4/c1-14-7-8-15(23(27)28)9-20(14)26-12-17-10-21(29-2)22(11-18(17)24)30-13-16-5-3-4-6-19(16)25/h3-11,26H,12-13H2,1-2H3,(H,27,28). The molecule has 0 spiro atoms. The largest absolute Gasteiger partial charge is 0.493 e. The van der Waals surface area contributed by atoms with Gasteiger partial charge in [0.1, 0.15) is 6.61 Å². The second kappa shape index (κ2) is 9.87. The van der Waals surface area contributed by atoms with Gasteiger partial charge in [0, 0.05) is 27.3 Å². The highest BCUT2D eigenvalue weighted by molar-refractivity contribution is 9.10. The highest BCUT2D eigenvalue weighted by Crippen LogP contribution is 2.35. The molecular weight excluding hydrogens is 470 g/mol. The molecule has 0 aliphatic heterocycles. The predicted octanol–water partition coefficient (Wildman–Crippen LogP) is 6.31. The maximum absolute atomic E-state index is 11.2. The molecule has 156 valence electrons. The molecule has 0 heterocycles. The normalized spacial score (nSPS) is 10.5. The van der Waals surface area contributed by atoms with Crippen LogP contribution in [-0.4, -0.2) is 18.2 Å². The Morgan fingerprint density at radius 2 is 1.87 bits per heavy atom. The summed E-state index contributed by atoms with van der Waals surface area (Å²) in [5.41, 5.74) is 3.79. The van der Waals surface area contributed by atoms with Crippen molar-refractivity contribution in [3.05, 3.63) is 86.3 Å². The highest BCUT2D eigenvalue weighted by atomic mass is 79.9. The van der Waals surface area contributed by atoms with Gasteiger partial charge in [-0.15, -0.1) is 0 Å². The summed E-state index contributed by atoms with van der Waals surface area (Å²) >= 11 is 9.78. The van der Waals surface area contributed by atoms with E-state index in [1.807, 2.05) is 43.3 Å². The van der Waals surface area contributed by atoms with Crippen LogP contribution in [0.5, 0.6) is 11.5 Å². The number of carboxylic acids is 1. The predicted molar refractivity (Wildman–Crippen MR) is 122 cm³/mol. The fourth-order valence-corrected chi connectivity index (χ4v) is 3.54. The number of carboxylic acid groups (broad SMARTS) is 1. The van der Waals surface area contributed by atoms with Gasteiger partial charge in [-0.3, -0.25) is 0 Å². The van der Waals surface area contributed by atoms with E-state index in [4.69, 9.17) is 21.1 Å². The number of carbonyl (C=O) groups is 1. The van der Waals surface area contributed by atoms with Crippen LogP contribution in [0, 0.1) is 6.92 Å². The van der Waals surface area contributed by atoms with Gasteiger partial charge >= 0.3 is 5.97 Å². The summed E-state index contributed by atoms with van der Waals surface area (Å²) in [6.45, 7) is 2.72. The summed E-state index contributed by atoms with van der Waals surface area (Å²) in [5, 5.41) is 13.1. The van der Waals surface area contributed by atoms with Gasteiger partial charge in [-0.25, -0.2) is 4.79 Å². The number of rotatable bonds is 8. The van der Waals surface area contributed by atoms with Gasteiger partial charge in [-0.05, 0) is 48.4 Å². The SMILES string of the molecule is COc1cc(CNc2cc(C(=O)O)ccc2C)c(Br)cc1OCc1ccccc1Cl. The lowest BCUT2D eigenvalue weighted by molar-refractivity contribution is 0.0697. The van der Waals surface area contributed by atoms with Crippen molar-refractivity contribution in [3.63, 3.8) is 0 Å². The molecule has 0 radical (unpaired) electrons. The van der Waals surface area contributed by atoms with E-state index in [1.165, 1.54) is 0 Å². The van der Waals surface area contributed by atoms with Crippen LogP contribution in [0.1, 0.15) is 27.0 Å². The minimum Gasteiger partial charge on any atom is -0.493 e. The van der Waals surface area contributed by atoms with Crippen LogP contribution >= 0.6 is 27.5 Å². The summed E-state index contributed by atoms with van der Waals surface area (Å²) in [6, 6.07) is 16.3. The van der Waals surface area contributed by atoms with Crippen molar-refractivity contribution >= 4 is 39.2 Å². The van der Waals surface area contributed by atoms with Gasteiger partial charge in [-0.2, -0.15) is 0 Å². The zero-order chi connectivity index (χ0) is 21.7. The van der Waals surface area contributed by atoms with Crippen LogP contribution in [0.4, 0.5) is 5.69 Å². The number of methoxy groups -OCH3 is 1. The molecule has 0 unspecified atom stereocenters. The maximum atomic E-state index is 11.2. The fraction of sp³-hybridized carbons (Fsp3) is 0.174. The number of ether oxygens (including phenoxy) is 2. The van der Waals surface area contributed by atoms with Crippen LogP contribution in [0.15, 0.2) is 59.1 Å². The molecule has 0 amide bonds. The topological polar surface area (TPSA) is 67.8 Å². The lowest BCUT2D eigenvalue weighted by Crippen LogP contribution is -2.05. The van der Waals surface area contributed by atoms with Gasteiger partial charge in [0.2, 0.25) is 0 Å². The van der Waals surface area contributed by atoms with Gasteiger partial charge < -0.3 is 19.9 Å². The number of anilines is 1. The summed E-state index contributed by atoms with van der Waals surface area (Å²) < 4.78 is 12.3. The molecule has 7 heteroatoms. The molecule has 0 fully saturated rings. The van der Waals surface area contributed by atoms with E-state index >= 15 is 0 Å². The lowest BCUT2D eigenvalue weighted by atomic mass is 10.1. The Kier molecular flexibility index (Phi) is 7.24. The van der Waals surface area contributed by atoms with Gasteiger partial charge in [-0.1, -0.05) is 51.8 Å². The fourth-order valence-electron chi connectivity index (χ4n) is 2.89. The minimum atomic E-state index is -0.957. The number of hydrogen-bond acceptors (Lipinski definition) is 4. The van der Waals surface area contributed by atoms with Crippen LogP contribution in [-0.2, 0) is 13.2 Å². The Balaban J connectivity index is 1.76. The van der Waals surface area contributed by atoms with E-state index < -0.39 is 5.97 Å². The summed E-state index contributed by atoms with van der Waals surface area (Å²) in [7, 11) is 1.59. The van der Waals surface area contributed by atoms with Crippen molar-refractivity contribution in [3.8, 4) is 11.5 Å². The first-order valence-electron chi connectivity index (χ1n) is 9.19. The third-order valence-corrected chi connectivity index (χ3v) is 5.73. The molecule has 0 aliphatic carbocycles. The van der Waals surface area contributed by atoms with E-state index in [0.717, 1.165) is 26.9 Å². The number of aryl methyl sites for hydroxylation is 1. The Morgan fingerprint density at radius 1 is 1.10 bits per heavy atom. The molecule has 0 atom stereocenters. The van der Waals surface area contributed by atoms with E-state index in [9.17, 15) is 9.90 Å². The zero-order valence-corrected chi connectivity index (χ0v) is 18.9. The van der Waals surface area contributed by atoms with Crippen molar-refractivity contribution in [2.24, 2.45) is 0 Å². The molecule has 5 nitrogen and oxygen atoms in total. The van der Waals surface area contributed by atoms with Gasteiger partial charge in [0.25, 0.3) is 0 Å². The molecule has 3 rings (SSSR count). The molecule has 0 saturated carbocycles. The smallest absolute Gasteiger partial charge is 0.335 e. The molecule has 30 heavy (non-hydrogen) atoms. The van der Waals surface area contributed by atoms with E-state index in [0.29, 0.717) is 29.7 Å². The average molecular weight is 491 g/mol. The van der Waals surface area contributed by atoms with E-state index in [2.05, 4.69) is 21.2 Å². The molecular formula is C23H21BrClNO4. The summed E-state index contributed by atoms with van der Waals surface area (Å²) in [6.07, 6.45) is 0. The van der Waals surface area contributed by atoms with Gasteiger partial charge in [0.15, 0.2) is 11.5 Å². The number of nitrogens with one attached hydrogen (secondary N) is 1. The Labute approximate surface area is 188 Å². The quantitative estimate of drug-likeness (QED) is 0.387. The molecule has 0 aliphatic rings. The number of benzene rings is 3. The second-order valence-corrected chi connectivity index (χ2v) is 7.92. The van der Waals surface area contributed by atoms with Crippen molar-refractivity contribution in [1.82, 2.24) is 0 Å². The van der Waals surface area contributed by atoms with Crippen molar-refractivity contribution in [2.75, 3.05) is 12.4 Å².